The number of hydrogen-bond acceptors (Lipinski definition) is 3. The number of benzene rings is 2. The van der Waals surface area contributed by atoms with Crippen LogP contribution in [0.1, 0.15) is 22.8 Å². The number of hydrogen-bond donors (Lipinski definition) is 2. The molecule has 5 heteroatoms. The van der Waals surface area contributed by atoms with Gasteiger partial charge in [0.2, 0.25) is 11.8 Å². The Hall–Kier alpha value is -2.27. The monoisotopic (exact) mass is 314 g/mol. The van der Waals surface area contributed by atoms with E-state index in [9.17, 15) is 9.59 Å². The van der Waals surface area contributed by atoms with Crippen LogP contribution in [0.25, 0.3) is 0 Å². The lowest BCUT2D eigenvalue weighted by molar-refractivity contribution is -0.115. The summed E-state index contributed by atoms with van der Waals surface area (Å²) < 4.78 is 0. The Morgan fingerprint density at radius 3 is 2.18 bits per heavy atom. The largest absolute Gasteiger partial charge is 0.366 e. The first-order valence-corrected chi connectivity index (χ1v) is 7.78. The van der Waals surface area contributed by atoms with Crippen molar-refractivity contribution in [2.24, 2.45) is 5.73 Å². The van der Waals surface area contributed by atoms with Gasteiger partial charge in [-0.15, -0.1) is 11.8 Å². The fourth-order valence-electron chi connectivity index (χ4n) is 1.84. The summed E-state index contributed by atoms with van der Waals surface area (Å²) in [5.74, 6) is -0.571. The zero-order valence-corrected chi connectivity index (χ0v) is 13.3. The summed E-state index contributed by atoms with van der Waals surface area (Å²) in [6.45, 7) is 3.89. The molecule has 0 aliphatic carbocycles. The Morgan fingerprint density at radius 1 is 1.05 bits per heavy atom. The highest BCUT2D eigenvalue weighted by Crippen LogP contribution is 2.24. The van der Waals surface area contributed by atoms with Crippen molar-refractivity contribution in [3.8, 4) is 0 Å². The van der Waals surface area contributed by atoms with Crippen LogP contribution in [0.2, 0.25) is 0 Å². The van der Waals surface area contributed by atoms with Crippen LogP contribution >= 0.6 is 11.8 Å². The quantitative estimate of drug-likeness (QED) is 0.832. The topological polar surface area (TPSA) is 72.2 Å². The van der Waals surface area contributed by atoms with Crippen LogP contribution in [-0.4, -0.2) is 17.1 Å². The van der Waals surface area contributed by atoms with E-state index in [4.69, 9.17) is 5.73 Å². The van der Waals surface area contributed by atoms with E-state index in [0.717, 1.165) is 4.90 Å². The van der Waals surface area contributed by atoms with E-state index in [1.165, 1.54) is 17.3 Å². The highest BCUT2D eigenvalue weighted by atomic mass is 32.2. The van der Waals surface area contributed by atoms with Gasteiger partial charge in [0, 0.05) is 16.1 Å². The van der Waals surface area contributed by atoms with Gasteiger partial charge in [-0.05, 0) is 50.2 Å². The van der Waals surface area contributed by atoms with Crippen LogP contribution < -0.4 is 11.1 Å². The maximum atomic E-state index is 12.2. The second-order valence-corrected chi connectivity index (χ2v) is 6.42. The third-order valence-corrected chi connectivity index (χ3v) is 4.25. The van der Waals surface area contributed by atoms with Crippen molar-refractivity contribution in [1.82, 2.24) is 0 Å². The fourth-order valence-corrected chi connectivity index (χ4v) is 2.70. The molecule has 0 aromatic heterocycles. The summed E-state index contributed by atoms with van der Waals surface area (Å²) in [5.41, 5.74) is 7.43. The van der Waals surface area contributed by atoms with E-state index in [0.29, 0.717) is 11.3 Å². The normalized spacial score (nSPS) is 11.7. The van der Waals surface area contributed by atoms with Crippen LogP contribution in [0, 0.1) is 6.92 Å². The first kappa shape index (κ1) is 16.1. The van der Waals surface area contributed by atoms with Gasteiger partial charge in [-0.1, -0.05) is 17.7 Å². The van der Waals surface area contributed by atoms with E-state index < -0.39 is 5.91 Å². The molecule has 2 aromatic rings. The molecular formula is C17H18N2O2S. The van der Waals surface area contributed by atoms with Crippen molar-refractivity contribution >= 4 is 29.3 Å². The molecule has 1 atom stereocenters. The Labute approximate surface area is 134 Å². The molecule has 4 nitrogen and oxygen atoms in total. The molecule has 0 heterocycles. The SMILES string of the molecule is Cc1ccc(S[C@H](C)C(=O)Nc2ccc(C(N)=O)cc2)cc1. The number of nitrogens with one attached hydrogen (secondary N) is 1. The third kappa shape index (κ3) is 4.36. The van der Waals surface area contributed by atoms with Gasteiger partial charge in [0.15, 0.2) is 0 Å². The summed E-state index contributed by atoms with van der Waals surface area (Å²) in [4.78, 5) is 24.2. The van der Waals surface area contributed by atoms with Crippen molar-refractivity contribution < 1.29 is 9.59 Å². The Morgan fingerprint density at radius 2 is 1.64 bits per heavy atom. The second-order valence-electron chi connectivity index (χ2n) is 5.00. The molecule has 0 unspecified atom stereocenters. The molecule has 0 saturated heterocycles. The number of aryl methyl sites for hydroxylation is 1. The first-order chi connectivity index (χ1) is 10.5. The molecule has 2 rings (SSSR count). The van der Waals surface area contributed by atoms with Gasteiger partial charge < -0.3 is 11.1 Å². The van der Waals surface area contributed by atoms with Crippen molar-refractivity contribution in [3.05, 3.63) is 59.7 Å². The van der Waals surface area contributed by atoms with Gasteiger partial charge in [0.25, 0.3) is 0 Å². The minimum Gasteiger partial charge on any atom is -0.366 e. The number of carbonyl (C=O) groups excluding carboxylic acids is 2. The maximum Gasteiger partial charge on any atom is 0.248 e. The first-order valence-electron chi connectivity index (χ1n) is 6.90. The van der Waals surface area contributed by atoms with E-state index in [2.05, 4.69) is 5.32 Å². The number of anilines is 1. The smallest absolute Gasteiger partial charge is 0.248 e. The van der Waals surface area contributed by atoms with Gasteiger partial charge in [-0.3, -0.25) is 9.59 Å². The predicted molar refractivity (Wildman–Crippen MR) is 90.1 cm³/mol. The summed E-state index contributed by atoms with van der Waals surface area (Å²) in [7, 11) is 0. The van der Waals surface area contributed by atoms with E-state index >= 15 is 0 Å². The lowest BCUT2D eigenvalue weighted by Crippen LogP contribution is -2.22. The molecule has 114 valence electrons. The van der Waals surface area contributed by atoms with Crippen LogP contribution in [0.5, 0.6) is 0 Å². The van der Waals surface area contributed by atoms with Gasteiger partial charge in [0.05, 0.1) is 5.25 Å². The lowest BCUT2D eigenvalue weighted by atomic mass is 10.2. The standard InChI is InChI=1S/C17H18N2O2S/c1-11-3-9-15(10-4-11)22-12(2)17(21)19-14-7-5-13(6-8-14)16(18)20/h3-10,12H,1-2H3,(H2,18,20)(H,19,21)/t12-/m1/s1. The molecule has 3 N–H and O–H groups in total. The summed E-state index contributed by atoms with van der Waals surface area (Å²) in [6, 6.07) is 14.6. The van der Waals surface area contributed by atoms with Crippen molar-refractivity contribution in [2.45, 2.75) is 24.0 Å². The van der Waals surface area contributed by atoms with E-state index in [-0.39, 0.29) is 11.2 Å². The third-order valence-electron chi connectivity index (χ3n) is 3.14. The Kier molecular flexibility index (Phi) is 5.22. The van der Waals surface area contributed by atoms with Crippen LogP contribution in [-0.2, 0) is 4.79 Å². The number of nitrogens with two attached hydrogens (primary N) is 1. The van der Waals surface area contributed by atoms with Crippen LogP contribution in [0.4, 0.5) is 5.69 Å². The van der Waals surface area contributed by atoms with Crippen molar-refractivity contribution in [2.75, 3.05) is 5.32 Å². The summed E-state index contributed by atoms with van der Waals surface area (Å²) in [5, 5.41) is 2.60. The van der Waals surface area contributed by atoms with Gasteiger partial charge in [-0.2, -0.15) is 0 Å². The molecule has 0 spiro atoms. The molecular weight excluding hydrogens is 296 g/mol. The second kappa shape index (κ2) is 7.13. The number of rotatable bonds is 5. The molecule has 0 radical (unpaired) electrons. The molecule has 2 aromatic carbocycles. The van der Waals surface area contributed by atoms with E-state index in [1.54, 1.807) is 24.3 Å². The van der Waals surface area contributed by atoms with Crippen molar-refractivity contribution in [3.63, 3.8) is 0 Å². The lowest BCUT2D eigenvalue weighted by Gasteiger charge is -2.12. The zero-order valence-electron chi connectivity index (χ0n) is 12.5. The minimum absolute atomic E-state index is 0.0857. The highest BCUT2D eigenvalue weighted by Gasteiger charge is 2.14. The molecule has 2 amide bonds. The van der Waals surface area contributed by atoms with Crippen LogP contribution in [0.3, 0.4) is 0 Å². The Balaban J connectivity index is 1.95. The Bertz CT molecular complexity index is 666. The van der Waals surface area contributed by atoms with Gasteiger partial charge in [-0.25, -0.2) is 0 Å². The molecule has 0 aliphatic rings. The summed E-state index contributed by atoms with van der Waals surface area (Å²) in [6.07, 6.45) is 0. The molecule has 0 saturated carbocycles. The van der Waals surface area contributed by atoms with Gasteiger partial charge in [0.1, 0.15) is 0 Å². The number of amides is 2. The number of thioether (sulfide) groups is 1. The molecule has 0 fully saturated rings. The van der Waals surface area contributed by atoms with E-state index in [1.807, 2.05) is 38.1 Å². The average molecular weight is 314 g/mol. The maximum absolute atomic E-state index is 12.2. The highest BCUT2D eigenvalue weighted by molar-refractivity contribution is 8.00. The fraction of sp³-hybridized carbons (Fsp3) is 0.176. The van der Waals surface area contributed by atoms with Gasteiger partial charge >= 0.3 is 0 Å². The molecule has 0 aliphatic heterocycles. The van der Waals surface area contributed by atoms with Crippen LogP contribution in [0.15, 0.2) is 53.4 Å². The number of primary amides is 1. The zero-order chi connectivity index (χ0) is 16.1. The molecule has 0 bridgehead atoms. The minimum atomic E-state index is -0.485. The number of carbonyl (C=O) groups is 2. The summed E-state index contributed by atoms with van der Waals surface area (Å²) >= 11 is 1.50. The molecule has 22 heavy (non-hydrogen) atoms. The average Bonchev–Trinajstić information content (AvgIpc) is 2.50. The predicted octanol–water partition coefficient (Wildman–Crippen LogP) is 3.21. The van der Waals surface area contributed by atoms with Crippen molar-refractivity contribution in [1.29, 1.82) is 0 Å².